The summed E-state index contributed by atoms with van der Waals surface area (Å²) in [5.74, 6) is 0.282. The van der Waals surface area contributed by atoms with E-state index in [-0.39, 0.29) is 5.91 Å². The first-order valence-electron chi connectivity index (χ1n) is 6.81. The molecule has 4 aromatic rings. The van der Waals surface area contributed by atoms with Crippen LogP contribution in [0.5, 0.6) is 0 Å². The number of nitrogens with one attached hydrogen (secondary N) is 1. The Kier molecular flexibility index (Phi) is 2.90. The third-order valence-electron chi connectivity index (χ3n) is 3.50. The summed E-state index contributed by atoms with van der Waals surface area (Å²) >= 11 is 1.38. The topological polar surface area (TPSA) is 59.8 Å². The van der Waals surface area contributed by atoms with E-state index in [2.05, 4.69) is 15.3 Å². The SMILES string of the molecule is Cn1c(NC(=O)c2nc3ccccc3s2)nc2ccccc21. The number of amides is 1. The fourth-order valence-corrected chi connectivity index (χ4v) is 3.24. The van der Waals surface area contributed by atoms with Crippen LogP contribution in [-0.2, 0) is 7.05 Å². The standard InChI is InChI=1S/C16H12N4OS/c1-20-12-8-4-2-6-10(12)18-16(20)19-14(21)15-17-11-7-3-5-9-13(11)22-15/h2-9H,1H3,(H,18,19,21). The number of thiazole rings is 1. The largest absolute Gasteiger partial charge is 0.313 e. The van der Waals surface area contributed by atoms with Crippen LogP contribution in [0.25, 0.3) is 21.3 Å². The second kappa shape index (κ2) is 4.92. The number of benzene rings is 2. The van der Waals surface area contributed by atoms with Gasteiger partial charge < -0.3 is 4.57 Å². The third-order valence-corrected chi connectivity index (χ3v) is 4.54. The highest BCUT2D eigenvalue weighted by molar-refractivity contribution is 7.20. The molecule has 0 saturated heterocycles. The molecule has 0 spiro atoms. The van der Waals surface area contributed by atoms with Crippen molar-refractivity contribution >= 4 is 44.4 Å². The maximum atomic E-state index is 12.4. The number of anilines is 1. The van der Waals surface area contributed by atoms with Crippen LogP contribution in [-0.4, -0.2) is 20.4 Å². The van der Waals surface area contributed by atoms with E-state index in [1.54, 1.807) is 0 Å². The van der Waals surface area contributed by atoms with Gasteiger partial charge in [0.15, 0.2) is 5.01 Å². The van der Waals surface area contributed by atoms with Crippen LogP contribution >= 0.6 is 11.3 Å². The molecule has 4 rings (SSSR count). The van der Waals surface area contributed by atoms with E-state index in [0.717, 1.165) is 21.3 Å². The Hall–Kier alpha value is -2.73. The Balaban J connectivity index is 1.69. The highest BCUT2D eigenvalue weighted by Crippen LogP contribution is 2.23. The number of rotatable bonds is 2. The number of carbonyl (C=O) groups is 1. The van der Waals surface area contributed by atoms with Crippen molar-refractivity contribution in [3.8, 4) is 0 Å². The Labute approximate surface area is 130 Å². The number of fused-ring (bicyclic) bond motifs is 2. The van der Waals surface area contributed by atoms with E-state index in [1.807, 2.05) is 60.1 Å². The summed E-state index contributed by atoms with van der Waals surface area (Å²) in [4.78, 5) is 21.2. The summed E-state index contributed by atoms with van der Waals surface area (Å²) in [6, 6.07) is 15.5. The van der Waals surface area contributed by atoms with Gasteiger partial charge in [0.05, 0.1) is 21.3 Å². The molecule has 0 aliphatic heterocycles. The lowest BCUT2D eigenvalue weighted by molar-refractivity contribution is 0.102. The lowest BCUT2D eigenvalue weighted by atomic mass is 10.3. The van der Waals surface area contributed by atoms with Gasteiger partial charge in [-0.05, 0) is 24.3 Å². The number of carbonyl (C=O) groups excluding carboxylic acids is 1. The van der Waals surface area contributed by atoms with Crippen LogP contribution < -0.4 is 5.32 Å². The Bertz CT molecular complexity index is 969. The van der Waals surface area contributed by atoms with Gasteiger partial charge in [-0.3, -0.25) is 10.1 Å². The lowest BCUT2D eigenvalue weighted by Crippen LogP contribution is -2.14. The monoisotopic (exact) mass is 308 g/mol. The molecule has 0 bridgehead atoms. The molecule has 0 aliphatic carbocycles. The molecule has 0 atom stereocenters. The van der Waals surface area contributed by atoms with Gasteiger partial charge in [-0.15, -0.1) is 11.3 Å². The summed E-state index contributed by atoms with van der Waals surface area (Å²) in [5, 5.41) is 3.28. The predicted molar refractivity (Wildman–Crippen MR) is 88.3 cm³/mol. The first kappa shape index (κ1) is 13.0. The van der Waals surface area contributed by atoms with Gasteiger partial charge in [0.25, 0.3) is 5.91 Å². The van der Waals surface area contributed by atoms with Crippen molar-refractivity contribution < 1.29 is 4.79 Å². The maximum Gasteiger partial charge on any atom is 0.286 e. The van der Waals surface area contributed by atoms with Crippen molar-refractivity contribution in [3.05, 3.63) is 53.5 Å². The minimum atomic E-state index is -0.236. The Morgan fingerprint density at radius 2 is 1.77 bits per heavy atom. The van der Waals surface area contributed by atoms with Crippen molar-refractivity contribution in [2.45, 2.75) is 0 Å². The lowest BCUT2D eigenvalue weighted by Gasteiger charge is -2.02. The molecule has 5 nitrogen and oxygen atoms in total. The molecule has 0 unspecified atom stereocenters. The predicted octanol–water partition coefficient (Wildman–Crippen LogP) is 3.44. The van der Waals surface area contributed by atoms with Crippen molar-refractivity contribution in [2.24, 2.45) is 7.05 Å². The van der Waals surface area contributed by atoms with Gasteiger partial charge in [0.1, 0.15) is 0 Å². The summed E-state index contributed by atoms with van der Waals surface area (Å²) in [6.45, 7) is 0. The van der Waals surface area contributed by atoms with Gasteiger partial charge in [-0.1, -0.05) is 24.3 Å². The third kappa shape index (κ3) is 2.05. The van der Waals surface area contributed by atoms with Crippen molar-refractivity contribution in [1.29, 1.82) is 0 Å². The number of hydrogen-bond donors (Lipinski definition) is 1. The van der Waals surface area contributed by atoms with Crippen LogP contribution in [0.1, 0.15) is 9.80 Å². The molecule has 1 amide bonds. The van der Waals surface area contributed by atoms with Crippen LogP contribution in [0.15, 0.2) is 48.5 Å². The average molecular weight is 308 g/mol. The molecule has 0 radical (unpaired) electrons. The van der Waals surface area contributed by atoms with E-state index in [4.69, 9.17) is 0 Å². The van der Waals surface area contributed by atoms with Crippen LogP contribution in [0, 0.1) is 0 Å². The van der Waals surface area contributed by atoms with Crippen molar-refractivity contribution in [1.82, 2.24) is 14.5 Å². The molecule has 2 aromatic carbocycles. The van der Waals surface area contributed by atoms with Gasteiger partial charge >= 0.3 is 0 Å². The van der Waals surface area contributed by atoms with E-state index >= 15 is 0 Å². The minimum absolute atomic E-state index is 0.236. The zero-order chi connectivity index (χ0) is 15.1. The Morgan fingerprint density at radius 3 is 2.55 bits per heavy atom. The van der Waals surface area contributed by atoms with Gasteiger partial charge in [-0.25, -0.2) is 9.97 Å². The number of aromatic nitrogens is 3. The van der Waals surface area contributed by atoms with E-state index in [9.17, 15) is 4.79 Å². The first-order valence-corrected chi connectivity index (χ1v) is 7.62. The zero-order valence-corrected chi connectivity index (χ0v) is 12.6. The van der Waals surface area contributed by atoms with Crippen LogP contribution in [0.4, 0.5) is 5.95 Å². The minimum Gasteiger partial charge on any atom is -0.313 e. The van der Waals surface area contributed by atoms with Gasteiger partial charge in [0, 0.05) is 7.05 Å². The average Bonchev–Trinajstić information content (AvgIpc) is 3.10. The number of nitrogens with zero attached hydrogens (tertiary/aromatic N) is 3. The summed E-state index contributed by atoms with van der Waals surface area (Å²) < 4.78 is 2.86. The molecule has 2 heterocycles. The molecular formula is C16H12N4OS. The smallest absolute Gasteiger partial charge is 0.286 e. The van der Waals surface area contributed by atoms with Gasteiger partial charge in [-0.2, -0.15) is 0 Å². The number of hydrogen-bond acceptors (Lipinski definition) is 4. The molecular weight excluding hydrogens is 296 g/mol. The van der Waals surface area contributed by atoms with Crippen molar-refractivity contribution in [2.75, 3.05) is 5.32 Å². The van der Waals surface area contributed by atoms with E-state index < -0.39 is 0 Å². The fraction of sp³-hybridized carbons (Fsp3) is 0.0625. The molecule has 0 saturated carbocycles. The second-order valence-corrected chi connectivity index (χ2v) is 5.95. The normalized spacial score (nSPS) is 11.1. The van der Waals surface area contributed by atoms with E-state index in [1.165, 1.54) is 11.3 Å². The Morgan fingerprint density at radius 1 is 1.05 bits per heavy atom. The van der Waals surface area contributed by atoms with Crippen molar-refractivity contribution in [3.63, 3.8) is 0 Å². The van der Waals surface area contributed by atoms with E-state index in [0.29, 0.717) is 11.0 Å². The number of imidazole rings is 1. The van der Waals surface area contributed by atoms with Gasteiger partial charge in [0.2, 0.25) is 5.95 Å². The highest BCUT2D eigenvalue weighted by atomic mass is 32.1. The molecule has 0 aliphatic rings. The molecule has 0 fully saturated rings. The number of aryl methyl sites for hydroxylation is 1. The number of para-hydroxylation sites is 3. The fourth-order valence-electron chi connectivity index (χ4n) is 2.38. The first-order chi connectivity index (χ1) is 10.7. The maximum absolute atomic E-state index is 12.4. The van der Waals surface area contributed by atoms with Crippen LogP contribution in [0.2, 0.25) is 0 Å². The van der Waals surface area contributed by atoms with Crippen LogP contribution in [0.3, 0.4) is 0 Å². The molecule has 22 heavy (non-hydrogen) atoms. The molecule has 108 valence electrons. The summed E-state index contributed by atoms with van der Waals surface area (Å²) in [5.41, 5.74) is 2.66. The molecule has 2 aromatic heterocycles. The molecule has 1 N–H and O–H groups in total. The summed E-state index contributed by atoms with van der Waals surface area (Å²) in [7, 11) is 1.88. The quantitative estimate of drug-likeness (QED) is 0.617. The summed E-state index contributed by atoms with van der Waals surface area (Å²) in [6.07, 6.45) is 0. The molecule has 6 heteroatoms. The zero-order valence-electron chi connectivity index (χ0n) is 11.8. The second-order valence-electron chi connectivity index (χ2n) is 4.92. The highest BCUT2D eigenvalue weighted by Gasteiger charge is 2.15.